The molecular weight excluding hydrogens is 407 g/mol. The Morgan fingerprint density at radius 2 is 2.03 bits per heavy atom. The van der Waals surface area contributed by atoms with Gasteiger partial charge in [-0.25, -0.2) is 9.18 Å². The number of carbonyl (C=O) groups is 2. The number of benzene rings is 1. The second-order valence-corrected chi connectivity index (χ2v) is 7.87. The summed E-state index contributed by atoms with van der Waals surface area (Å²) in [4.78, 5) is 32.5. The predicted molar refractivity (Wildman–Crippen MR) is 116 cm³/mol. The smallest absolute Gasteiger partial charge is 0.321 e. The number of urea groups is 1. The lowest BCUT2D eigenvalue weighted by atomic mass is 10.0. The van der Waals surface area contributed by atoms with E-state index in [1.807, 2.05) is 11.8 Å². The minimum absolute atomic E-state index is 0.0608. The van der Waals surface area contributed by atoms with Gasteiger partial charge in [0, 0.05) is 38.2 Å². The number of amides is 3. The number of carbonyl (C=O) groups excluding carboxylic acids is 2. The van der Waals surface area contributed by atoms with Gasteiger partial charge in [-0.15, -0.1) is 0 Å². The Kier molecular flexibility index (Phi) is 7.26. The fourth-order valence-electron chi connectivity index (χ4n) is 3.61. The molecule has 0 spiro atoms. The molecule has 1 aliphatic rings. The molecule has 160 valence electrons. The second kappa shape index (κ2) is 9.89. The van der Waals surface area contributed by atoms with E-state index in [4.69, 9.17) is 11.6 Å². The van der Waals surface area contributed by atoms with E-state index in [9.17, 15) is 14.0 Å². The zero-order valence-electron chi connectivity index (χ0n) is 17.2. The van der Waals surface area contributed by atoms with Crippen LogP contribution in [0.5, 0.6) is 0 Å². The highest BCUT2D eigenvalue weighted by Gasteiger charge is 2.27. The first kappa shape index (κ1) is 22.0. The minimum Gasteiger partial charge on any atom is -0.343 e. The highest BCUT2D eigenvalue weighted by Crippen LogP contribution is 2.28. The van der Waals surface area contributed by atoms with Crippen molar-refractivity contribution >= 4 is 29.2 Å². The van der Waals surface area contributed by atoms with Gasteiger partial charge in [0.2, 0.25) is 5.91 Å². The minimum atomic E-state index is -0.369. The van der Waals surface area contributed by atoms with Gasteiger partial charge in [-0.3, -0.25) is 9.78 Å². The number of nitrogens with zero attached hydrogens (tertiary/aromatic N) is 3. The molecule has 3 amide bonds. The molecule has 1 aliphatic heterocycles. The SMILES string of the molecule is CCCC(=O)N1CCC(N(C)C(=O)Nc2cnc(-c3cccc(F)c3)c(Cl)c2)CC1. The number of rotatable bonds is 5. The molecule has 8 heteroatoms. The van der Waals surface area contributed by atoms with Crippen molar-refractivity contribution in [3.8, 4) is 11.3 Å². The van der Waals surface area contributed by atoms with Gasteiger partial charge >= 0.3 is 6.03 Å². The van der Waals surface area contributed by atoms with Gasteiger partial charge in [0.25, 0.3) is 0 Å². The molecule has 30 heavy (non-hydrogen) atoms. The molecule has 3 rings (SSSR count). The van der Waals surface area contributed by atoms with Gasteiger partial charge in [0.15, 0.2) is 0 Å². The lowest BCUT2D eigenvalue weighted by molar-refractivity contribution is -0.132. The molecule has 0 atom stereocenters. The number of pyridine rings is 1. The van der Waals surface area contributed by atoms with Crippen LogP contribution in [0.25, 0.3) is 11.3 Å². The van der Waals surface area contributed by atoms with Crippen LogP contribution in [-0.4, -0.2) is 52.9 Å². The number of halogens is 2. The molecule has 1 fully saturated rings. The Hall–Kier alpha value is -2.67. The largest absolute Gasteiger partial charge is 0.343 e. The molecule has 2 heterocycles. The van der Waals surface area contributed by atoms with Crippen LogP contribution in [0, 0.1) is 5.82 Å². The summed E-state index contributed by atoms with van der Waals surface area (Å²) in [6, 6.07) is 7.43. The van der Waals surface area contributed by atoms with E-state index in [0.717, 1.165) is 19.3 Å². The summed E-state index contributed by atoms with van der Waals surface area (Å²) in [5.74, 6) is -0.186. The molecule has 6 nitrogen and oxygen atoms in total. The summed E-state index contributed by atoms with van der Waals surface area (Å²) in [5, 5.41) is 3.13. The van der Waals surface area contributed by atoms with E-state index in [1.165, 1.54) is 18.3 Å². The van der Waals surface area contributed by atoms with E-state index in [1.54, 1.807) is 30.1 Å². The fourth-order valence-corrected chi connectivity index (χ4v) is 3.88. The quantitative estimate of drug-likeness (QED) is 0.738. The monoisotopic (exact) mass is 432 g/mol. The molecule has 1 saturated heterocycles. The predicted octanol–water partition coefficient (Wildman–Crippen LogP) is 4.80. The average Bonchev–Trinajstić information content (AvgIpc) is 2.73. The number of nitrogens with one attached hydrogen (secondary N) is 1. The van der Waals surface area contributed by atoms with Gasteiger partial charge in [0.05, 0.1) is 22.6 Å². The normalized spacial score (nSPS) is 14.5. The highest BCUT2D eigenvalue weighted by molar-refractivity contribution is 6.33. The van der Waals surface area contributed by atoms with Crippen LogP contribution in [0.15, 0.2) is 36.5 Å². The first-order chi connectivity index (χ1) is 14.4. The summed E-state index contributed by atoms with van der Waals surface area (Å²) in [7, 11) is 1.75. The second-order valence-electron chi connectivity index (χ2n) is 7.47. The molecule has 1 N–H and O–H groups in total. The van der Waals surface area contributed by atoms with Crippen LogP contribution in [0.1, 0.15) is 32.6 Å². The zero-order chi connectivity index (χ0) is 21.7. The number of likely N-dealkylation sites (tertiary alicyclic amines) is 1. The Morgan fingerprint density at radius 1 is 1.30 bits per heavy atom. The third kappa shape index (κ3) is 5.27. The van der Waals surface area contributed by atoms with Crippen molar-refractivity contribution in [1.82, 2.24) is 14.8 Å². The number of hydrogen-bond acceptors (Lipinski definition) is 3. The molecular formula is C22H26ClFN4O2. The van der Waals surface area contributed by atoms with Gasteiger partial charge in [-0.1, -0.05) is 30.7 Å². The lowest BCUT2D eigenvalue weighted by Gasteiger charge is -2.36. The molecule has 1 aromatic heterocycles. The maximum Gasteiger partial charge on any atom is 0.321 e. The summed E-state index contributed by atoms with van der Waals surface area (Å²) in [5.41, 5.74) is 1.48. The van der Waals surface area contributed by atoms with Crippen LogP contribution in [0.4, 0.5) is 14.9 Å². The Labute approximate surface area is 181 Å². The van der Waals surface area contributed by atoms with E-state index < -0.39 is 0 Å². The molecule has 0 unspecified atom stereocenters. The first-order valence-corrected chi connectivity index (χ1v) is 10.5. The molecule has 0 radical (unpaired) electrons. The van der Waals surface area contributed by atoms with E-state index in [-0.39, 0.29) is 23.8 Å². The van der Waals surface area contributed by atoms with Crippen molar-refractivity contribution in [2.45, 2.75) is 38.6 Å². The Morgan fingerprint density at radius 3 is 2.67 bits per heavy atom. The standard InChI is InChI=1S/C22H26ClFN4O2/c1-3-5-20(29)28-10-8-18(9-11-28)27(2)22(30)26-17-13-19(23)21(25-14-17)15-6-4-7-16(24)12-15/h4,6-7,12-14,18H,3,5,8-11H2,1-2H3,(H,26,30). The Balaban J connectivity index is 1.59. The summed E-state index contributed by atoms with van der Waals surface area (Å²) in [6.07, 6.45) is 4.41. The molecule has 0 bridgehead atoms. The zero-order valence-corrected chi connectivity index (χ0v) is 18.0. The number of hydrogen-bond donors (Lipinski definition) is 1. The molecule has 2 aromatic rings. The average molecular weight is 433 g/mol. The lowest BCUT2D eigenvalue weighted by Crippen LogP contribution is -2.48. The fraction of sp³-hybridized carbons (Fsp3) is 0.409. The number of piperidine rings is 1. The first-order valence-electron chi connectivity index (χ1n) is 10.1. The van der Waals surface area contributed by atoms with Gasteiger partial charge < -0.3 is 15.1 Å². The summed E-state index contributed by atoms with van der Waals surface area (Å²) < 4.78 is 13.5. The van der Waals surface area contributed by atoms with Crippen LogP contribution in [0.2, 0.25) is 5.02 Å². The molecule has 0 saturated carbocycles. The van der Waals surface area contributed by atoms with Crippen molar-refractivity contribution in [2.75, 3.05) is 25.5 Å². The van der Waals surface area contributed by atoms with Crippen LogP contribution < -0.4 is 5.32 Å². The van der Waals surface area contributed by atoms with Crippen molar-refractivity contribution in [3.63, 3.8) is 0 Å². The van der Waals surface area contributed by atoms with Gasteiger partial charge in [-0.2, -0.15) is 0 Å². The highest BCUT2D eigenvalue weighted by atomic mass is 35.5. The summed E-state index contributed by atoms with van der Waals surface area (Å²) >= 11 is 6.31. The molecule has 1 aromatic carbocycles. The van der Waals surface area contributed by atoms with E-state index in [2.05, 4.69) is 10.3 Å². The van der Waals surface area contributed by atoms with Crippen molar-refractivity contribution in [1.29, 1.82) is 0 Å². The van der Waals surface area contributed by atoms with Gasteiger partial charge in [0.1, 0.15) is 5.82 Å². The van der Waals surface area contributed by atoms with Crippen LogP contribution in [0.3, 0.4) is 0 Å². The van der Waals surface area contributed by atoms with Gasteiger partial charge in [-0.05, 0) is 37.5 Å². The number of anilines is 1. The maximum absolute atomic E-state index is 13.5. The summed E-state index contributed by atoms with van der Waals surface area (Å²) in [6.45, 7) is 3.32. The third-order valence-corrected chi connectivity index (χ3v) is 5.63. The van der Waals surface area contributed by atoms with E-state index in [0.29, 0.717) is 41.5 Å². The van der Waals surface area contributed by atoms with Crippen molar-refractivity contribution in [3.05, 3.63) is 47.4 Å². The van der Waals surface area contributed by atoms with Crippen molar-refractivity contribution < 1.29 is 14.0 Å². The van der Waals surface area contributed by atoms with Crippen molar-refractivity contribution in [2.24, 2.45) is 0 Å². The van der Waals surface area contributed by atoms with E-state index >= 15 is 0 Å². The third-order valence-electron chi connectivity index (χ3n) is 5.34. The topological polar surface area (TPSA) is 65.5 Å². The number of aromatic nitrogens is 1. The Bertz CT molecular complexity index is 916. The maximum atomic E-state index is 13.5. The van der Waals surface area contributed by atoms with Crippen LogP contribution >= 0.6 is 11.6 Å². The molecule has 0 aliphatic carbocycles. The van der Waals surface area contributed by atoms with Crippen LogP contribution in [-0.2, 0) is 4.79 Å².